The van der Waals surface area contributed by atoms with Gasteiger partial charge in [0.25, 0.3) is 0 Å². The minimum atomic E-state index is -1.07. The summed E-state index contributed by atoms with van der Waals surface area (Å²) in [7, 11) is 0. The summed E-state index contributed by atoms with van der Waals surface area (Å²) >= 11 is 0. The highest BCUT2D eigenvalue weighted by molar-refractivity contribution is 5.85. The first-order chi connectivity index (χ1) is 16.7. The summed E-state index contributed by atoms with van der Waals surface area (Å²) < 4.78 is 6.11. The van der Waals surface area contributed by atoms with Crippen LogP contribution in [0.1, 0.15) is 40.7 Å². The molecular weight excluding hydrogens is 422 g/mol. The molecule has 0 bridgehead atoms. The Hall–Kier alpha value is -3.37. The molecule has 0 unspecified atom stereocenters. The molecule has 4 heteroatoms. The van der Waals surface area contributed by atoms with E-state index in [1.54, 1.807) is 0 Å². The van der Waals surface area contributed by atoms with Gasteiger partial charge in [0.05, 0.1) is 0 Å². The number of fused-ring (bicyclic) bond motifs is 2. The number of carboxylic acids is 1. The molecule has 5 rings (SSSR count). The van der Waals surface area contributed by atoms with Crippen molar-refractivity contribution in [3.8, 4) is 5.75 Å². The molecule has 3 aromatic carbocycles. The van der Waals surface area contributed by atoms with Crippen LogP contribution in [-0.2, 0) is 24.2 Å². The van der Waals surface area contributed by atoms with Crippen molar-refractivity contribution in [2.45, 2.75) is 32.3 Å². The predicted molar refractivity (Wildman–Crippen MR) is 132 cm³/mol. The first-order valence-electron chi connectivity index (χ1n) is 12.2. The topological polar surface area (TPSA) is 52.6 Å². The summed E-state index contributed by atoms with van der Waals surface area (Å²) in [4.78, 5) is 13.7. The Kier molecular flexibility index (Phi) is 6.77. The van der Waals surface area contributed by atoms with Gasteiger partial charge in [-0.2, -0.15) is 0 Å². The van der Waals surface area contributed by atoms with Gasteiger partial charge in [0, 0.05) is 24.5 Å². The van der Waals surface area contributed by atoms with Crippen LogP contribution in [0.3, 0.4) is 0 Å². The van der Waals surface area contributed by atoms with Gasteiger partial charge in [0.1, 0.15) is 12.4 Å². The number of carboxylic acid groups (broad SMARTS) is 1. The number of ether oxygens (including phenoxy) is 1. The number of rotatable bonds is 6. The third kappa shape index (κ3) is 5.23. The maximum atomic E-state index is 11.2. The van der Waals surface area contributed by atoms with Gasteiger partial charge in [0.15, 0.2) is 0 Å². The summed E-state index contributed by atoms with van der Waals surface area (Å²) in [5, 5.41) is 11.2. The zero-order chi connectivity index (χ0) is 23.3. The summed E-state index contributed by atoms with van der Waals surface area (Å²) in [5.41, 5.74) is 6.55. The van der Waals surface area contributed by atoms with E-state index in [1.807, 2.05) is 24.3 Å². The first-order valence-corrected chi connectivity index (χ1v) is 12.2. The minimum Gasteiger partial charge on any atom is -0.550 e. The number of benzene rings is 3. The Balaban J connectivity index is 1.35. The third-order valence-electron chi connectivity index (χ3n) is 7.00. The van der Waals surface area contributed by atoms with E-state index in [0.29, 0.717) is 6.61 Å². The number of nitrogens with zero attached hydrogens (tertiary/aromatic N) is 1. The molecule has 0 spiro atoms. The number of likely N-dealkylation sites (tertiary alicyclic amines) is 1. The molecule has 0 saturated carbocycles. The van der Waals surface area contributed by atoms with Gasteiger partial charge in [-0.1, -0.05) is 66.7 Å². The zero-order valence-electron chi connectivity index (χ0n) is 19.4. The molecule has 4 nitrogen and oxygen atoms in total. The predicted octanol–water partition coefficient (Wildman–Crippen LogP) is 4.26. The maximum Gasteiger partial charge on any atom is 0.127 e. The van der Waals surface area contributed by atoms with Crippen LogP contribution in [0.15, 0.2) is 78.9 Å². The van der Waals surface area contributed by atoms with Gasteiger partial charge < -0.3 is 14.6 Å². The lowest BCUT2D eigenvalue weighted by Crippen LogP contribution is -2.34. The van der Waals surface area contributed by atoms with Gasteiger partial charge in [-0.3, -0.25) is 4.90 Å². The Morgan fingerprint density at radius 2 is 1.71 bits per heavy atom. The SMILES string of the molecule is O=C([O-])Cc1ccc2c(c1)/C(=C/CN1CCC(Cc3ccccc3)CC1)c1ccccc1CO2. The monoisotopic (exact) mass is 452 g/mol. The van der Waals surface area contributed by atoms with Crippen molar-refractivity contribution in [2.24, 2.45) is 5.92 Å². The lowest BCUT2D eigenvalue weighted by molar-refractivity contribution is -0.304. The number of carbonyl (C=O) groups is 1. The number of carbonyl (C=O) groups excluding carboxylic acids is 1. The molecule has 2 aliphatic rings. The Morgan fingerprint density at radius 1 is 0.941 bits per heavy atom. The molecule has 1 saturated heterocycles. The quantitative estimate of drug-likeness (QED) is 0.561. The molecule has 0 atom stereocenters. The van der Waals surface area contributed by atoms with Crippen LogP contribution in [0.5, 0.6) is 5.75 Å². The second kappa shape index (κ2) is 10.3. The van der Waals surface area contributed by atoms with Crippen molar-refractivity contribution in [3.63, 3.8) is 0 Å². The van der Waals surface area contributed by atoms with Crippen molar-refractivity contribution in [3.05, 3.63) is 107 Å². The van der Waals surface area contributed by atoms with Gasteiger partial charge >= 0.3 is 0 Å². The largest absolute Gasteiger partial charge is 0.550 e. The van der Waals surface area contributed by atoms with Crippen LogP contribution in [-0.4, -0.2) is 30.5 Å². The summed E-state index contributed by atoms with van der Waals surface area (Å²) in [6.07, 6.45) is 5.78. The van der Waals surface area contributed by atoms with Crippen LogP contribution in [0.2, 0.25) is 0 Å². The summed E-state index contributed by atoms with van der Waals surface area (Å²) in [5.74, 6) is 0.469. The molecule has 3 aromatic rings. The summed E-state index contributed by atoms with van der Waals surface area (Å²) in [6, 6.07) is 24.8. The zero-order valence-corrected chi connectivity index (χ0v) is 19.4. The Labute approximate surface area is 201 Å². The lowest BCUT2D eigenvalue weighted by Gasteiger charge is -2.31. The highest BCUT2D eigenvalue weighted by atomic mass is 16.5. The van der Waals surface area contributed by atoms with E-state index >= 15 is 0 Å². The van der Waals surface area contributed by atoms with Crippen LogP contribution in [0.25, 0.3) is 5.57 Å². The van der Waals surface area contributed by atoms with E-state index in [1.165, 1.54) is 18.4 Å². The van der Waals surface area contributed by atoms with Crippen molar-refractivity contribution >= 4 is 11.5 Å². The molecule has 2 aliphatic heterocycles. The van der Waals surface area contributed by atoms with Crippen LogP contribution in [0, 0.1) is 5.92 Å². The minimum absolute atomic E-state index is 0.100. The number of hydrogen-bond donors (Lipinski definition) is 0. The van der Waals surface area contributed by atoms with Gasteiger partial charge in [-0.05, 0) is 78.2 Å². The fourth-order valence-electron chi connectivity index (χ4n) is 5.16. The van der Waals surface area contributed by atoms with E-state index in [0.717, 1.165) is 65.5 Å². The Bertz CT molecular complexity index is 1180. The average molecular weight is 453 g/mol. The van der Waals surface area contributed by atoms with Crippen LogP contribution >= 0.6 is 0 Å². The van der Waals surface area contributed by atoms with Crippen molar-refractivity contribution in [1.29, 1.82) is 0 Å². The van der Waals surface area contributed by atoms with Gasteiger partial charge in [0.2, 0.25) is 0 Å². The number of piperidine rings is 1. The Morgan fingerprint density at radius 3 is 2.50 bits per heavy atom. The van der Waals surface area contributed by atoms with Gasteiger partial charge in [-0.15, -0.1) is 0 Å². The molecule has 0 aliphatic carbocycles. The fourth-order valence-corrected chi connectivity index (χ4v) is 5.16. The maximum absolute atomic E-state index is 11.2. The molecule has 2 heterocycles. The van der Waals surface area contributed by atoms with Crippen LogP contribution < -0.4 is 9.84 Å². The smallest absolute Gasteiger partial charge is 0.127 e. The standard InChI is InChI=1S/C30H31NO3/c32-30(33)20-24-10-11-29-28(19-24)27(26-9-5-4-8-25(26)21-34-29)14-17-31-15-12-23(13-16-31)18-22-6-2-1-3-7-22/h1-11,14,19,23H,12-13,15-18,20-21H2,(H,32,33)/p-1/b27-14+. The molecule has 0 N–H and O–H groups in total. The molecule has 34 heavy (non-hydrogen) atoms. The van der Waals surface area contributed by atoms with E-state index < -0.39 is 5.97 Å². The molecule has 0 radical (unpaired) electrons. The molecule has 0 amide bonds. The lowest BCUT2D eigenvalue weighted by atomic mass is 9.90. The third-order valence-corrected chi connectivity index (χ3v) is 7.00. The second-order valence-electron chi connectivity index (χ2n) is 9.38. The van der Waals surface area contributed by atoms with E-state index in [-0.39, 0.29) is 6.42 Å². The molecule has 1 fully saturated rings. The van der Waals surface area contributed by atoms with Crippen molar-refractivity contribution in [1.82, 2.24) is 4.90 Å². The van der Waals surface area contributed by atoms with E-state index in [2.05, 4.69) is 59.5 Å². The normalized spacial score (nSPS) is 17.5. The molecular formula is C30H30NO3-. The molecule has 174 valence electrons. The first kappa shape index (κ1) is 22.4. The average Bonchev–Trinajstić information content (AvgIpc) is 3.00. The number of aliphatic carboxylic acids is 1. The van der Waals surface area contributed by atoms with E-state index in [4.69, 9.17) is 4.74 Å². The van der Waals surface area contributed by atoms with Crippen molar-refractivity contribution < 1.29 is 14.6 Å². The number of hydrogen-bond acceptors (Lipinski definition) is 4. The second-order valence-corrected chi connectivity index (χ2v) is 9.38. The highest BCUT2D eigenvalue weighted by Gasteiger charge is 2.22. The van der Waals surface area contributed by atoms with E-state index in [9.17, 15) is 9.90 Å². The van der Waals surface area contributed by atoms with Crippen molar-refractivity contribution in [2.75, 3.05) is 19.6 Å². The summed E-state index contributed by atoms with van der Waals surface area (Å²) in [6.45, 7) is 3.56. The van der Waals surface area contributed by atoms with Gasteiger partial charge in [-0.25, -0.2) is 0 Å². The van der Waals surface area contributed by atoms with Crippen LogP contribution in [0.4, 0.5) is 0 Å². The highest BCUT2D eigenvalue weighted by Crippen LogP contribution is 2.37. The molecule has 0 aromatic heterocycles. The fraction of sp³-hybridized carbons (Fsp3) is 0.300.